The summed E-state index contributed by atoms with van der Waals surface area (Å²) in [5.74, 6) is 0. The molecular formula is C11H17N7O3S. The molecule has 0 radical (unpaired) electrons. The van der Waals surface area contributed by atoms with E-state index < -0.39 is 10.0 Å². The molecule has 1 aliphatic carbocycles. The molecule has 2 heterocycles. The topological polar surface area (TPSA) is 131 Å². The predicted octanol–water partition coefficient (Wildman–Crippen LogP) is -1.10. The maximum absolute atomic E-state index is 12.2. The Morgan fingerprint density at radius 1 is 1.32 bits per heavy atom. The number of hydrogen-bond acceptors (Lipinski definition) is 6. The van der Waals surface area contributed by atoms with Gasteiger partial charge in [0.1, 0.15) is 10.6 Å². The van der Waals surface area contributed by atoms with Crippen molar-refractivity contribution in [3.05, 3.63) is 21.9 Å². The minimum atomic E-state index is -3.93. The summed E-state index contributed by atoms with van der Waals surface area (Å²) in [7, 11) is -2.32. The fraction of sp³-hybridized carbons (Fsp3) is 0.636. The van der Waals surface area contributed by atoms with Crippen molar-refractivity contribution in [2.24, 2.45) is 12.2 Å². The number of primary sulfonamides is 1. The van der Waals surface area contributed by atoms with Crippen LogP contribution in [0.3, 0.4) is 0 Å². The Hall–Kier alpha value is -2.01. The normalized spacial score (nSPS) is 16.0. The Morgan fingerprint density at radius 2 is 2.00 bits per heavy atom. The van der Waals surface area contributed by atoms with Crippen molar-refractivity contribution in [2.45, 2.75) is 43.7 Å². The van der Waals surface area contributed by atoms with E-state index in [1.165, 1.54) is 9.36 Å². The van der Waals surface area contributed by atoms with E-state index in [0.717, 1.165) is 23.9 Å². The molecule has 2 aromatic rings. The zero-order chi connectivity index (χ0) is 16.1. The third-order valence-electron chi connectivity index (χ3n) is 4.01. The van der Waals surface area contributed by atoms with Gasteiger partial charge < -0.3 is 0 Å². The average molecular weight is 327 g/mol. The van der Waals surface area contributed by atoms with E-state index in [0.29, 0.717) is 5.69 Å². The fourth-order valence-electron chi connectivity index (χ4n) is 2.52. The summed E-state index contributed by atoms with van der Waals surface area (Å²) in [5.41, 5.74) is 0.232. The van der Waals surface area contributed by atoms with E-state index in [1.54, 1.807) is 14.0 Å². The van der Waals surface area contributed by atoms with Crippen molar-refractivity contribution in [1.29, 1.82) is 0 Å². The number of aromatic nitrogens is 6. The van der Waals surface area contributed by atoms with E-state index in [9.17, 15) is 13.2 Å². The largest absolute Gasteiger partial charge is 0.364 e. The summed E-state index contributed by atoms with van der Waals surface area (Å²) < 4.78 is 27.3. The average Bonchev–Trinajstić information content (AvgIpc) is 2.82. The molecule has 120 valence electrons. The standard InChI is InChI=1S/C11H17N7O3S/c1-7-10(22(12,20)21)9(13-16(7)2)6-17-11(19)18(15-14-17)8-4-3-5-8/h8H,3-6H2,1-2H3,(H2,12,20,21). The quantitative estimate of drug-likeness (QED) is 0.758. The van der Waals surface area contributed by atoms with Crippen molar-refractivity contribution in [1.82, 2.24) is 29.6 Å². The van der Waals surface area contributed by atoms with Crippen LogP contribution in [0, 0.1) is 6.92 Å². The Morgan fingerprint density at radius 3 is 2.55 bits per heavy atom. The number of aryl methyl sites for hydroxylation is 1. The van der Waals surface area contributed by atoms with Gasteiger partial charge >= 0.3 is 5.69 Å². The first kappa shape index (κ1) is 14.9. The zero-order valence-corrected chi connectivity index (χ0v) is 13.1. The number of sulfonamides is 1. The molecule has 0 amide bonds. The molecule has 0 aliphatic heterocycles. The van der Waals surface area contributed by atoms with Gasteiger partial charge in [-0.2, -0.15) is 14.5 Å². The minimum absolute atomic E-state index is 0.0694. The van der Waals surface area contributed by atoms with Gasteiger partial charge in [-0.1, -0.05) is 0 Å². The molecule has 1 fully saturated rings. The SMILES string of the molecule is Cc1c(S(N)(=O)=O)c(Cn2nnn(C3CCC3)c2=O)nn1C. The summed E-state index contributed by atoms with van der Waals surface area (Å²) in [6.45, 7) is 1.52. The van der Waals surface area contributed by atoms with Crippen molar-refractivity contribution in [3.63, 3.8) is 0 Å². The van der Waals surface area contributed by atoms with Crippen LogP contribution in [-0.4, -0.2) is 38.0 Å². The molecule has 3 rings (SSSR count). The van der Waals surface area contributed by atoms with E-state index in [-0.39, 0.29) is 28.9 Å². The Bertz CT molecular complexity index is 872. The third kappa shape index (κ3) is 2.35. The molecule has 0 saturated heterocycles. The smallest absolute Gasteiger partial charge is 0.271 e. The third-order valence-corrected chi connectivity index (χ3v) is 5.11. The lowest BCUT2D eigenvalue weighted by atomic mass is 9.93. The molecule has 0 spiro atoms. The van der Waals surface area contributed by atoms with Gasteiger partial charge in [-0.25, -0.2) is 18.4 Å². The highest BCUT2D eigenvalue weighted by molar-refractivity contribution is 7.89. The molecule has 0 atom stereocenters. The lowest BCUT2D eigenvalue weighted by Gasteiger charge is -2.23. The van der Waals surface area contributed by atoms with Crippen LogP contribution in [0.15, 0.2) is 9.69 Å². The molecule has 1 aliphatic rings. The van der Waals surface area contributed by atoms with Gasteiger partial charge in [-0.15, -0.1) is 0 Å². The van der Waals surface area contributed by atoms with Crippen LogP contribution >= 0.6 is 0 Å². The summed E-state index contributed by atoms with van der Waals surface area (Å²) in [6.07, 6.45) is 2.88. The molecule has 2 N–H and O–H groups in total. The van der Waals surface area contributed by atoms with Gasteiger partial charge in [0.15, 0.2) is 0 Å². The van der Waals surface area contributed by atoms with Crippen LogP contribution in [0.25, 0.3) is 0 Å². The molecule has 0 aromatic carbocycles. The highest BCUT2D eigenvalue weighted by Crippen LogP contribution is 2.29. The zero-order valence-electron chi connectivity index (χ0n) is 12.3. The van der Waals surface area contributed by atoms with Crippen LogP contribution in [0.5, 0.6) is 0 Å². The Kier molecular flexibility index (Phi) is 3.40. The van der Waals surface area contributed by atoms with Crippen LogP contribution in [0.1, 0.15) is 36.7 Å². The van der Waals surface area contributed by atoms with Crippen molar-refractivity contribution >= 4 is 10.0 Å². The van der Waals surface area contributed by atoms with Gasteiger partial charge in [0.05, 0.1) is 18.3 Å². The number of tetrazole rings is 1. The van der Waals surface area contributed by atoms with Crippen LogP contribution in [0.2, 0.25) is 0 Å². The van der Waals surface area contributed by atoms with Crippen LogP contribution < -0.4 is 10.8 Å². The molecule has 0 bridgehead atoms. The van der Waals surface area contributed by atoms with Crippen molar-refractivity contribution in [2.75, 3.05) is 0 Å². The minimum Gasteiger partial charge on any atom is -0.271 e. The van der Waals surface area contributed by atoms with Gasteiger partial charge in [0.25, 0.3) is 0 Å². The summed E-state index contributed by atoms with van der Waals surface area (Å²) in [4.78, 5) is 12.2. The summed E-state index contributed by atoms with van der Waals surface area (Å²) >= 11 is 0. The van der Waals surface area contributed by atoms with E-state index in [1.807, 2.05) is 0 Å². The molecule has 2 aromatic heterocycles. The monoisotopic (exact) mass is 327 g/mol. The van der Waals surface area contributed by atoms with Gasteiger partial charge in [0, 0.05) is 7.05 Å². The number of rotatable bonds is 4. The van der Waals surface area contributed by atoms with E-state index in [2.05, 4.69) is 15.5 Å². The summed E-state index contributed by atoms with van der Waals surface area (Å²) in [6, 6.07) is 0.0874. The molecule has 1 saturated carbocycles. The van der Waals surface area contributed by atoms with Crippen molar-refractivity contribution < 1.29 is 8.42 Å². The fourth-order valence-corrected chi connectivity index (χ4v) is 3.50. The van der Waals surface area contributed by atoms with Gasteiger partial charge in [0.2, 0.25) is 10.0 Å². The molecule has 22 heavy (non-hydrogen) atoms. The molecule has 0 unspecified atom stereocenters. The van der Waals surface area contributed by atoms with Crippen LogP contribution in [0.4, 0.5) is 0 Å². The second kappa shape index (κ2) is 5.02. The van der Waals surface area contributed by atoms with Crippen LogP contribution in [-0.2, 0) is 23.6 Å². The predicted molar refractivity (Wildman–Crippen MR) is 75.6 cm³/mol. The second-order valence-corrected chi connectivity index (χ2v) is 6.98. The van der Waals surface area contributed by atoms with Crippen molar-refractivity contribution in [3.8, 4) is 0 Å². The molecular weight excluding hydrogens is 310 g/mol. The maximum atomic E-state index is 12.2. The second-order valence-electron chi connectivity index (χ2n) is 5.48. The first-order valence-corrected chi connectivity index (χ1v) is 8.41. The highest BCUT2D eigenvalue weighted by Gasteiger charge is 2.26. The van der Waals surface area contributed by atoms with Gasteiger partial charge in [-0.3, -0.25) is 4.68 Å². The van der Waals surface area contributed by atoms with Gasteiger partial charge in [-0.05, 0) is 36.6 Å². The summed E-state index contributed by atoms with van der Waals surface area (Å²) in [5, 5.41) is 17.0. The lowest BCUT2D eigenvalue weighted by Crippen LogP contribution is -2.32. The number of nitrogens with two attached hydrogens (primary N) is 1. The number of hydrogen-bond donors (Lipinski definition) is 1. The van der Waals surface area contributed by atoms with E-state index >= 15 is 0 Å². The number of nitrogens with zero attached hydrogens (tertiary/aromatic N) is 6. The molecule has 10 nitrogen and oxygen atoms in total. The lowest BCUT2D eigenvalue weighted by molar-refractivity contribution is 0.277. The maximum Gasteiger partial charge on any atom is 0.364 e. The highest BCUT2D eigenvalue weighted by atomic mass is 32.2. The first-order valence-electron chi connectivity index (χ1n) is 6.86. The Balaban J connectivity index is 1.99. The Labute approximate surface area is 126 Å². The van der Waals surface area contributed by atoms with E-state index in [4.69, 9.17) is 5.14 Å². The first-order chi connectivity index (χ1) is 10.3. The molecule has 11 heteroatoms.